The maximum Gasteiger partial charge on any atom is 0.254 e. The first kappa shape index (κ1) is 16.7. The van der Waals surface area contributed by atoms with Gasteiger partial charge in [-0.3, -0.25) is 9.48 Å². The zero-order valence-corrected chi connectivity index (χ0v) is 15.7. The van der Waals surface area contributed by atoms with Crippen LogP contribution in [0.1, 0.15) is 45.6 Å². The highest BCUT2D eigenvalue weighted by atomic mass is 16.2. The molecule has 0 aliphatic carbocycles. The van der Waals surface area contributed by atoms with Crippen LogP contribution in [0.3, 0.4) is 0 Å². The third-order valence-electron chi connectivity index (χ3n) is 5.16. The minimum Gasteiger partial charge on any atom is -0.336 e. The monoisotopic (exact) mass is 349 g/mol. The molecule has 6 nitrogen and oxygen atoms in total. The maximum atomic E-state index is 13.0. The standard InChI is InChI=1S/C20H23N5O/c1-12-9-13(2)25(23-12)17-7-8-24(11-17)20(26)16-5-6-18-19(10-16)22-15(4)14(3)21-18/h5-6,9-10,17H,7-8,11H2,1-4H3. The molecular formula is C20H23N5O. The Labute approximate surface area is 152 Å². The summed E-state index contributed by atoms with van der Waals surface area (Å²) < 4.78 is 2.06. The first-order valence-corrected chi connectivity index (χ1v) is 8.99. The average Bonchev–Trinajstić information content (AvgIpc) is 3.21. The molecular weight excluding hydrogens is 326 g/mol. The van der Waals surface area contributed by atoms with Gasteiger partial charge in [0.05, 0.1) is 34.2 Å². The molecule has 134 valence electrons. The van der Waals surface area contributed by atoms with Crippen molar-refractivity contribution >= 4 is 16.9 Å². The molecule has 3 heterocycles. The molecule has 6 heteroatoms. The molecule has 0 radical (unpaired) electrons. The van der Waals surface area contributed by atoms with Gasteiger partial charge in [0.2, 0.25) is 0 Å². The van der Waals surface area contributed by atoms with Crippen molar-refractivity contribution in [2.24, 2.45) is 0 Å². The van der Waals surface area contributed by atoms with Crippen molar-refractivity contribution in [2.45, 2.75) is 40.2 Å². The molecule has 26 heavy (non-hydrogen) atoms. The van der Waals surface area contributed by atoms with E-state index in [1.807, 2.05) is 43.9 Å². The van der Waals surface area contributed by atoms with Crippen molar-refractivity contribution in [2.75, 3.05) is 13.1 Å². The minimum atomic E-state index is 0.0518. The summed E-state index contributed by atoms with van der Waals surface area (Å²) in [6, 6.07) is 7.92. The lowest BCUT2D eigenvalue weighted by Crippen LogP contribution is -2.29. The van der Waals surface area contributed by atoms with E-state index < -0.39 is 0 Å². The summed E-state index contributed by atoms with van der Waals surface area (Å²) in [4.78, 5) is 24.0. The summed E-state index contributed by atoms with van der Waals surface area (Å²) in [6.07, 6.45) is 0.930. The fraction of sp³-hybridized carbons (Fsp3) is 0.400. The van der Waals surface area contributed by atoms with Crippen LogP contribution in [0.4, 0.5) is 0 Å². The summed E-state index contributed by atoms with van der Waals surface area (Å²) in [7, 11) is 0. The number of aromatic nitrogens is 4. The molecule has 1 aliphatic rings. The molecule has 1 aromatic carbocycles. The van der Waals surface area contributed by atoms with E-state index in [-0.39, 0.29) is 11.9 Å². The van der Waals surface area contributed by atoms with E-state index in [1.165, 1.54) is 0 Å². The maximum absolute atomic E-state index is 13.0. The van der Waals surface area contributed by atoms with Gasteiger partial charge in [-0.15, -0.1) is 0 Å². The fourth-order valence-electron chi connectivity index (χ4n) is 3.69. The van der Waals surface area contributed by atoms with Crippen molar-refractivity contribution in [3.63, 3.8) is 0 Å². The minimum absolute atomic E-state index is 0.0518. The van der Waals surface area contributed by atoms with E-state index in [2.05, 4.69) is 32.7 Å². The molecule has 1 fully saturated rings. The number of aryl methyl sites for hydroxylation is 4. The number of nitrogens with zero attached hydrogens (tertiary/aromatic N) is 5. The lowest BCUT2D eigenvalue weighted by molar-refractivity contribution is 0.0787. The van der Waals surface area contributed by atoms with Gasteiger partial charge in [-0.2, -0.15) is 5.10 Å². The Balaban J connectivity index is 1.57. The molecule has 4 rings (SSSR count). The Morgan fingerprint density at radius 1 is 1.04 bits per heavy atom. The van der Waals surface area contributed by atoms with Crippen LogP contribution in [-0.2, 0) is 0 Å². The molecule has 1 unspecified atom stereocenters. The number of rotatable bonds is 2. The number of benzene rings is 1. The third-order valence-corrected chi connectivity index (χ3v) is 5.16. The highest BCUT2D eigenvalue weighted by Gasteiger charge is 2.29. The molecule has 0 bridgehead atoms. The summed E-state index contributed by atoms with van der Waals surface area (Å²) in [6.45, 7) is 9.40. The molecule has 2 aromatic heterocycles. The topological polar surface area (TPSA) is 63.9 Å². The Morgan fingerprint density at radius 3 is 2.46 bits per heavy atom. The second-order valence-electron chi connectivity index (χ2n) is 7.16. The van der Waals surface area contributed by atoms with Crippen molar-refractivity contribution in [1.29, 1.82) is 0 Å². The first-order chi connectivity index (χ1) is 12.4. The van der Waals surface area contributed by atoms with Gasteiger partial charge in [0.1, 0.15) is 0 Å². The van der Waals surface area contributed by atoms with Gasteiger partial charge in [-0.1, -0.05) is 0 Å². The molecule has 1 atom stereocenters. The highest BCUT2D eigenvalue weighted by molar-refractivity contribution is 5.97. The second kappa shape index (κ2) is 6.20. The average molecular weight is 349 g/mol. The lowest BCUT2D eigenvalue weighted by Gasteiger charge is -2.17. The van der Waals surface area contributed by atoms with Crippen LogP contribution < -0.4 is 0 Å². The predicted molar refractivity (Wildman–Crippen MR) is 100 cm³/mol. The van der Waals surface area contributed by atoms with Gasteiger partial charge in [-0.25, -0.2) is 9.97 Å². The van der Waals surface area contributed by atoms with Gasteiger partial charge in [0, 0.05) is 24.3 Å². The largest absolute Gasteiger partial charge is 0.336 e. The Morgan fingerprint density at radius 2 is 1.77 bits per heavy atom. The van der Waals surface area contributed by atoms with Gasteiger partial charge in [0.25, 0.3) is 5.91 Å². The first-order valence-electron chi connectivity index (χ1n) is 8.99. The normalized spacial score (nSPS) is 17.2. The summed E-state index contributed by atoms with van der Waals surface area (Å²) in [5.41, 5.74) is 6.25. The molecule has 0 saturated carbocycles. The number of hydrogen-bond acceptors (Lipinski definition) is 4. The van der Waals surface area contributed by atoms with Crippen LogP contribution in [0.25, 0.3) is 11.0 Å². The van der Waals surface area contributed by atoms with Gasteiger partial charge < -0.3 is 4.90 Å². The van der Waals surface area contributed by atoms with Crippen LogP contribution in [0.15, 0.2) is 24.3 Å². The van der Waals surface area contributed by atoms with Crippen LogP contribution in [-0.4, -0.2) is 43.6 Å². The SMILES string of the molecule is Cc1cc(C)n(C2CCN(C(=O)c3ccc4nc(C)c(C)nc4c3)C2)n1. The Kier molecular flexibility index (Phi) is 3.98. The second-order valence-corrected chi connectivity index (χ2v) is 7.16. The smallest absolute Gasteiger partial charge is 0.254 e. The van der Waals surface area contributed by atoms with E-state index >= 15 is 0 Å². The van der Waals surface area contributed by atoms with Crippen LogP contribution in [0.2, 0.25) is 0 Å². The number of likely N-dealkylation sites (tertiary alicyclic amines) is 1. The van der Waals surface area contributed by atoms with Gasteiger partial charge in [-0.05, 0) is 58.4 Å². The van der Waals surface area contributed by atoms with Crippen molar-refractivity contribution in [3.8, 4) is 0 Å². The molecule has 1 saturated heterocycles. The van der Waals surface area contributed by atoms with Crippen LogP contribution in [0.5, 0.6) is 0 Å². The van der Waals surface area contributed by atoms with Crippen molar-refractivity contribution in [3.05, 3.63) is 52.6 Å². The van der Waals surface area contributed by atoms with Crippen molar-refractivity contribution < 1.29 is 4.79 Å². The quantitative estimate of drug-likeness (QED) is 0.713. The number of carbonyl (C=O) groups excluding carboxylic acids is 1. The van der Waals surface area contributed by atoms with Crippen molar-refractivity contribution in [1.82, 2.24) is 24.6 Å². The van der Waals surface area contributed by atoms with Gasteiger partial charge >= 0.3 is 0 Å². The van der Waals surface area contributed by atoms with E-state index in [9.17, 15) is 4.79 Å². The van der Waals surface area contributed by atoms with Crippen LogP contribution >= 0.6 is 0 Å². The highest BCUT2D eigenvalue weighted by Crippen LogP contribution is 2.25. The number of amides is 1. The number of carbonyl (C=O) groups is 1. The summed E-state index contributed by atoms with van der Waals surface area (Å²) in [5, 5.41) is 4.58. The Bertz CT molecular complexity index is 1010. The fourth-order valence-corrected chi connectivity index (χ4v) is 3.69. The molecule has 0 spiro atoms. The van der Waals surface area contributed by atoms with E-state index in [4.69, 9.17) is 0 Å². The third kappa shape index (κ3) is 2.85. The predicted octanol–water partition coefficient (Wildman–Crippen LogP) is 3.15. The van der Waals surface area contributed by atoms with E-state index in [0.29, 0.717) is 12.1 Å². The lowest BCUT2D eigenvalue weighted by atomic mass is 10.1. The van der Waals surface area contributed by atoms with E-state index in [0.717, 1.165) is 46.8 Å². The molecule has 1 aliphatic heterocycles. The Hall–Kier alpha value is -2.76. The number of fused-ring (bicyclic) bond motifs is 1. The molecule has 0 N–H and O–H groups in total. The van der Waals surface area contributed by atoms with E-state index in [1.54, 1.807) is 0 Å². The van der Waals surface area contributed by atoms with Crippen LogP contribution in [0, 0.1) is 27.7 Å². The van der Waals surface area contributed by atoms with Gasteiger partial charge in [0.15, 0.2) is 0 Å². The molecule has 1 amide bonds. The zero-order chi connectivity index (χ0) is 18.4. The summed E-state index contributed by atoms with van der Waals surface area (Å²) >= 11 is 0. The zero-order valence-electron chi connectivity index (χ0n) is 15.7. The summed E-state index contributed by atoms with van der Waals surface area (Å²) in [5.74, 6) is 0.0518. The molecule has 3 aromatic rings. The number of hydrogen-bond donors (Lipinski definition) is 0.